The Kier molecular flexibility index (Phi) is 4.29. The van der Waals surface area contributed by atoms with Crippen LogP contribution in [0.15, 0.2) is 0 Å². The number of hydrogen-bond donors (Lipinski definition) is 2. The summed E-state index contributed by atoms with van der Waals surface area (Å²) >= 11 is 0. The number of hydrogen-bond acceptors (Lipinski definition) is 4. The molecule has 1 heterocycles. The number of hydrazine groups is 1. The van der Waals surface area contributed by atoms with Crippen LogP contribution in [0.4, 0.5) is 0 Å². The van der Waals surface area contributed by atoms with Gasteiger partial charge in [-0.25, -0.2) is 5.84 Å². The fourth-order valence-corrected chi connectivity index (χ4v) is 2.27. The predicted octanol–water partition coefficient (Wildman–Crippen LogP) is 0.112. The van der Waals surface area contributed by atoms with Crippen LogP contribution in [0.2, 0.25) is 0 Å². The first-order valence-electron chi connectivity index (χ1n) is 5.76. The molecule has 0 bridgehead atoms. The lowest BCUT2D eigenvalue weighted by atomic mass is 9.98. The van der Waals surface area contributed by atoms with E-state index in [1.807, 2.05) is 27.7 Å². The van der Waals surface area contributed by atoms with Gasteiger partial charge < -0.3 is 4.74 Å². The van der Waals surface area contributed by atoms with E-state index in [1.165, 1.54) is 0 Å². The van der Waals surface area contributed by atoms with E-state index in [-0.39, 0.29) is 23.5 Å². The number of morpholine rings is 1. The van der Waals surface area contributed by atoms with Gasteiger partial charge in [-0.1, -0.05) is 13.8 Å². The van der Waals surface area contributed by atoms with Gasteiger partial charge in [0.1, 0.15) is 0 Å². The lowest BCUT2D eigenvalue weighted by Gasteiger charge is -2.42. The molecule has 0 aromatic rings. The summed E-state index contributed by atoms with van der Waals surface area (Å²) in [4.78, 5) is 13.9. The van der Waals surface area contributed by atoms with E-state index < -0.39 is 0 Å². The zero-order valence-electron chi connectivity index (χ0n) is 10.6. The first-order chi connectivity index (χ1) is 7.37. The normalized spacial score (nSPS) is 23.1. The summed E-state index contributed by atoms with van der Waals surface area (Å²) in [7, 11) is 0. The van der Waals surface area contributed by atoms with Crippen LogP contribution in [0.5, 0.6) is 0 Å². The summed E-state index contributed by atoms with van der Waals surface area (Å²) in [6, 6.07) is -0.173. The van der Waals surface area contributed by atoms with Crippen LogP contribution in [0.3, 0.4) is 0 Å². The number of nitrogens with zero attached hydrogens (tertiary/aromatic N) is 1. The number of nitrogens with one attached hydrogen (secondary N) is 1. The zero-order valence-corrected chi connectivity index (χ0v) is 10.6. The topological polar surface area (TPSA) is 67.6 Å². The van der Waals surface area contributed by atoms with E-state index in [0.717, 1.165) is 13.1 Å². The number of rotatable bonds is 3. The van der Waals surface area contributed by atoms with Gasteiger partial charge in [-0.3, -0.25) is 15.1 Å². The highest BCUT2D eigenvalue weighted by Gasteiger charge is 2.35. The molecule has 0 radical (unpaired) electrons. The van der Waals surface area contributed by atoms with Gasteiger partial charge in [-0.05, 0) is 19.8 Å². The second-order valence-corrected chi connectivity index (χ2v) is 5.28. The first kappa shape index (κ1) is 13.4. The molecule has 5 nitrogen and oxygen atoms in total. The minimum absolute atomic E-state index is 0.118. The highest BCUT2D eigenvalue weighted by molar-refractivity contribution is 5.81. The van der Waals surface area contributed by atoms with Gasteiger partial charge in [0.05, 0.1) is 18.2 Å². The van der Waals surface area contributed by atoms with Crippen molar-refractivity contribution in [3.05, 3.63) is 0 Å². The smallest absolute Gasteiger partial charge is 0.251 e. The van der Waals surface area contributed by atoms with Crippen molar-refractivity contribution in [1.29, 1.82) is 0 Å². The van der Waals surface area contributed by atoms with E-state index in [1.54, 1.807) is 0 Å². The third kappa shape index (κ3) is 3.17. The van der Waals surface area contributed by atoms with Crippen LogP contribution in [0.25, 0.3) is 0 Å². The molecule has 0 aromatic heterocycles. The highest BCUT2D eigenvalue weighted by atomic mass is 16.5. The molecule has 1 atom stereocenters. The maximum Gasteiger partial charge on any atom is 0.251 e. The molecule has 0 saturated carbocycles. The van der Waals surface area contributed by atoms with Crippen molar-refractivity contribution < 1.29 is 9.53 Å². The van der Waals surface area contributed by atoms with Gasteiger partial charge >= 0.3 is 0 Å². The summed E-state index contributed by atoms with van der Waals surface area (Å²) in [6.45, 7) is 10.3. The number of carbonyl (C=O) groups excluding carboxylic acids is 1. The summed E-state index contributed by atoms with van der Waals surface area (Å²) in [5, 5.41) is 0. The summed E-state index contributed by atoms with van der Waals surface area (Å²) in [5.74, 6) is 5.34. The Bertz CT molecular complexity index is 254. The van der Waals surface area contributed by atoms with Crippen molar-refractivity contribution in [2.45, 2.75) is 39.3 Å². The standard InChI is InChI=1S/C11H23N3O2/c1-8(2)9(10(15)13-12)14-5-6-16-11(3,4)7-14/h8-9H,5-7,12H2,1-4H3,(H,13,15). The molecule has 1 unspecified atom stereocenters. The van der Waals surface area contributed by atoms with E-state index in [0.29, 0.717) is 6.61 Å². The van der Waals surface area contributed by atoms with Crippen LogP contribution in [0.1, 0.15) is 27.7 Å². The van der Waals surface area contributed by atoms with Crippen LogP contribution < -0.4 is 11.3 Å². The third-order valence-corrected chi connectivity index (χ3v) is 2.89. The summed E-state index contributed by atoms with van der Waals surface area (Å²) < 4.78 is 5.63. The molecule has 0 aliphatic carbocycles. The molecule has 5 heteroatoms. The summed E-state index contributed by atoms with van der Waals surface area (Å²) in [5.41, 5.74) is 2.06. The molecule has 1 rings (SSSR count). The van der Waals surface area contributed by atoms with Crippen molar-refractivity contribution >= 4 is 5.91 Å². The van der Waals surface area contributed by atoms with Crippen molar-refractivity contribution in [1.82, 2.24) is 10.3 Å². The third-order valence-electron chi connectivity index (χ3n) is 2.89. The van der Waals surface area contributed by atoms with Crippen LogP contribution in [0, 0.1) is 5.92 Å². The Morgan fingerprint density at radius 3 is 2.56 bits per heavy atom. The molecule has 1 aliphatic rings. The molecule has 1 saturated heterocycles. The average Bonchev–Trinajstić information content (AvgIpc) is 2.15. The lowest BCUT2D eigenvalue weighted by molar-refractivity contribution is -0.138. The zero-order chi connectivity index (χ0) is 12.3. The van der Waals surface area contributed by atoms with Gasteiger partial charge in [0.25, 0.3) is 5.91 Å². The van der Waals surface area contributed by atoms with Gasteiger partial charge in [-0.2, -0.15) is 0 Å². The van der Waals surface area contributed by atoms with E-state index in [4.69, 9.17) is 10.6 Å². The Morgan fingerprint density at radius 2 is 2.12 bits per heavy atom. The Morgan fingerprint density at radius 1 is 1.50 bits per heavy atom. The minimum Gasteiger partial charge on any atom is -0.373 e. The van der Waals surface area contributed by atoms with Gasteiger partial charge in [0, 0.05) is 13.1 Å². The van der Waals surface area contributed by atoms with Crippen molar-refractivity contribution in [2.75, 3.05) is 19.7 Å². The molecular formula is C11H23N3O2. The number of carbonyl (C=O) groups is 1. The summed E-state index contributed by atoms with van der Waals surface area (Å²) in [6.07, 6.45) is 0. The van der Waals surface area contributed by atoms with Gasteiger partial charge in [0.2, 0.25) is 0 Å². The van der Waals surface area contributed by atoms with E-state index in [9.17, 15) is 4.79 Å². The highest BCUT2D eigenvalue weighted by Crippen LogP contribution is 2.21. The average molecular weight is 229 g/mol. The maximum atomic E-state index is 11.7. The molecule has 0 spiro atoms. The second kappa shape index (κ2) is 5.12. The molecule has 3 N–H and O–H groups in total. The fourth-order valence-electron chi connectivity index (χ4n) is 2.27. The predicted molar refractivity (Wildman–Crippen MR) is 62.6 cm³/mol. The maximum absolute atomic E-state index is 11.7. The molecule has 1 fully saturated rings. The lowest BCUT2D eigenvalue weighted by Crippen LogP contribution is -2.58. The van der Waals surface area contributed by atoms with Crippen LogP contribution in [-0.4, -0.2) is 42.1 Å². The number of ether oxygens (including phenoxy) is 1. The molecule has 16 heavy (non-hydrogen) atoms. The Labute approximate surface area is 97.3 Å². The number of amides is 1. The van der Waals surface area contributed by atoms with Gasteiger partial charge in [-0.15, -0.1) is 0 Å². The van der Waals surface area contributed by atoms with Crippen molar-refractivity contribution in [3.63, 3.8) is 0 Å². The Balaban J connectivity index is 2.75. The monoisotopic (exact) mass is 229 g/mol. The number of nitrogens with two attached hydrogens (primary N) is 1. The minimum atomic E-state index is -0.194. The van der Waals surface area contributed by atoms with Crippen LogP contribution >= 0.6 is 0 Å². The van der Waals surface area contributed by atoms with Gasteiger partial charge in [0.15, 0.2) is 0 Å². The Hall–Kier alpha value is -0.650. The van der Waals surface area contributed by atoms with E-state index >= 15 is 0 Å². The fraction of sp³-hybridized carbons (Fsp3) is 0.909. The molecule has 1 amide bonds. The quantitative estimate of drug-likeness (QED) is 0.409. The molecule has 1 aliphatic heterocycles. The van der Waals surface area contributed by atoms with Crippen molar-refractivity contribution in [3.8, 4) is 0 Å². The van der Waals surface area contributed by atoms with Crippen LogP contribution in [-0.2, 0) is 9.53 Å². The SMILES string of the molecule is CC(C)C(C(=O)NN)N1CCOC(C)(C)C1. The first-order valence-corrected chi connectivity index (χ1v) is 5.76. The van der Waals surface area contributed by atoms with E-state index in [2.05, 4.69) is 10.3 Å². The second-order valence-electron chi connectivity index (χ2n) is 5.28. The van der Waals surface area contributed by atoms with Crippen molar-refractivity contribution in [2.24, 2.45) is 11.8 Å². The largest absolute Gasteiger partial charge is 0.373 e. The molecule has 0 aromatic carbocycles. The molecular weight excluding hydrogens is 206 g/mol. The molecule has 94 valence electrons.